The lowest BCUT2D eigenvalue weighted by atomic mass is 10.0. The Morgan fingerprint density at radius 1 is 1.32 bits per heavy atom. The maximum absolute atomic E-state index is 5.93. The number of aryl methyl sites for hydroxylation is 1. The summed E-state index contributed by atoms with van der Waals surface area (Å²) in [5.74, 6) is 1.62. The van der Waals surface area contributed by atoms with Crippen LogP contribution in [0.5, 0.6) is 5.75 Å². The summed E-state index contributed by atoms with van der Waals surface area (Å²) in [7, 11) is 1.98. The fourth-order valence-corrected chi connectivity index (χ4v) is 3.14. The van der Waals surface area contributed by atoms with Crippen molar-refractivity contribution >= 4 is 0 Å². The highest BCUT2D eigenvalue weighted by Gasteiger charge is 2.25. The zero-order valence-corrected chi connectivity index (χ0v) is 13.7. The van der Waals surface area contributed by atoms with Crippen molar-refractivity contribution in [3.8, 4) is 5.75 Å². The van der Waals surface area contributed by atoms with Gasteiger partial charge in [-0.2, -0.15) is 5.10 Å². The molecule has 0 N–H and O–H groups in total. The van der Waals surface area contributed by atoms with E-state index in [0.717, 1.165) is 25.4 Å². The van der Waals surface area contributed by atoms with Crippen LogP contribution in [0.2, 0.25) is 0 Å². The molecule has 22 heavy (non-hydrogen) atoms. The van der Waals surface area contributed by atoms with Gasteiger partial charge in [0.1, 0.15) is 5.75 Å². The van der Waals surface area contributed by atoms with E-state index < -0.39 is 0 Å². The molecule has 4 heteroatoms. The number of nitrogens with zero attached hydrogens (tertiary/aromatic N) is 3. The molecule has 4 nitrogen and oxygen atoms in total. The summed E-state index contributed by atoms with van der Waals surface area (Å²) in [5.41, 5.74) is 2.64. The average Bonchev–Trinajstić information content (AvgIpc) is 3.09. The summed E-state index contributed by atoms with van der Waals surface area (Å²) in [6.07, 6.45) is 5.57. The molecule has 1 aliphatic rings. The Morgan fingerprint density at radius 3 is 2.86 bits per heavy atom. The predicted molar refractivity (Wildman–Crippen MR) is 88.0 cm³/mol. The van der Waals surface area contributed by atoms with Gasteiger partial charge in [-0.3, -0.25) is 9.58 Å². The van der Waals surface area contributed by atoms with Gasteiger partial charge in [0, 0.05) is 37.8 Å². The lowest BCUT2D eigenvalue weighted by molar-refractivity contribution is 0.234. The van der Waals surface area contributed by atoms with Gasteiger partial charge in [-0.1, -0.05) is 18.2 Å². The number of aromatic nitrogens is 2. The van der Waals surface area contributed by atoms with Gasteiger partial charge in [0.15, 0.2) is 0 Å². The van der Waals surface area contributed by atoms with Crippen LogP contribution in [-0.2, 0) is 13.6 Å². The van der Waals surface area contributed by atoms with Crippen LogP contribution in [0.3, 0.4) is 0 Å². The van der Waals surface area contributed by atoms with Crippen molar-refractivity contribution < 1.29 is 4.74 Å². The Kier molecular flexibility index (Phi) is 4.48. The third kappa shape index (κ3) is 3.50. The van der Waals surface area contributed by atoms with Gasteiger partial charge in [0.2, 0.25) is 0 Å². The summed E-state index contributed by atoms with van der Waals surface area (Å²) < 4.78 is 7.82. The Morgan fingerprint density at radius 2 is 2.14 bits per heavy atom. The molecule has 1 aromatic heterocycles. The number of hydrogen-bond donors (Lipinski definition) is 0. The van der Waals surface area contributed by atoms with E-state index in [4.69, 9.17) is 4.74 Å². The standard InChI is InChI=1S/C18H25N3O/c1-14(2)22-18-7-5-4-6-16(18)13-21-9-8-15(12-21)17-10-19-20(3)11-17/h4-7,10-11,14-15H,8-9,12-13H2,1-3H3. The van der Waals surface area contributed by atoms with Gasteiger partial charge in [0.25, 0.3) is 0 Å². The van der Waals surface area contributed by atoms with Crippen molar-refractivity contribution in [1.29, 1.82) is 0 Å². The fourth-order valence-electron chi connectivity index (χ4n) is 3.14. The number of likely N-dealkylation sites (tertiary alicyclic amines) is 1. The van der Waals surface area contributed by atoms with Crippen LogP contribution >= 0.6 is 0 Å². The molecule has 1 aromatic carbocycles. The second-order valence-electron chi connectivity index (χ2n) is 6.44. The third-order valence-electron chi connectivity index (χ3n) is 4.20. The van der Waals surface area contributed by atoms with E-state index in [1.165, 1.54) is 17.5 Å². The molecule has 0 bridgehead atoms. The van der Waals surface area contributed by atoms with Crippen LogP contribution in [-0.4, -0.2) is 33.9 Å². The van der Waals surface area contributed by atoms with Gasteiger partial charge in [-0.05, 0) is 38.4 Å². The van der Waals surface area contributed by atoms with E-state index in [1.807, 2.05) is 24.0 Å². The average molecular weight is 299 g/mol. The van der Waals surface area contributed by atoms with Crippen molar-refractivity contribution in [2.45, 2.75) is 38.8 Å². The Bertz CT molecular complexity index is 620. The van der Waals surface area contributed by atoms with E-state index >= 15 is 0 Å². The molecule has 1 unspecified atom stereocenters. The first-order valence-corrected chi connectivity index (χ1v) is 8.07. The normalized spacial score (nSPS) is 19.0. The van der Waals surface area contributed by atoms with Crippen molar-refractivity contribution in [3.63, 3.8) is 0 Å². The highest BCUT2D eigenvalue weighted by Crippen LogP contribution is 2.29. The van der Waals surface area contributed by atoms with E-state index in [2.05, 4.69) is 48.2 Å². The molecule has 1 atom stereocenters. The zero-order valence-electron chi connectivity index (χ0n) is 13.7. The highest BCUT2D eigenvalue weighted by atomic mass is 16.5. The van der Waals surface area contributed by atoms with Crippen molar-refractivity contribution in [3.05, 3.63) is 47.8 Å². The monoisotopic (exact) mass is 299 g/mol. The molecule has 1 aliphatic heterocycles. The van der Waals surface area contributed by atoms with Crippen LogP contribution in [0, 0.1) is 0 Å². The predicted octanol–water partition coefficient (Wildman–Crippen LogP) is 3.20. The number of hydrogen-bond acceptors (Lipinski definition) is 3. The summed E-state index contributed by atoms with van der Waals surface area (Å²) >= 11 is 0. The van der Waals surface area contributed by atoms with E-state index in [-0.39, 0.29) is 6.10 Å². The van der Waals surface area contributed by atoms with Crippen LogP contribution in [0.1, 0.15) is 37.3 Å². The molecule has 1 saturated heterocycles. The van der Waals surface area contributed by atoms with Crippen LogP contribution in [0.15, 0.2) is 36.7 Å². The first-order valence-electron chi connectivity index (χ1n) is 8.07. The summed E-state index contributed by atoms with van der Waals surface area (Å²) in [5, 5.41) is 4.30. The first kappa shape index (κ1) is 15.1. The fraction of sp³-hybridized carbons (Fsp3) is 0.500. The molecule has 0 amide bonds. The van der Waals surface area contributed by atoms with Crippen LogP contribution < -0.4 is 4.74 Å². The van der Waals surface area contributed by atoms with Gasteiger partial charge in [0.05, 0.1) is 12.3 Å². The Labute approximate surface area is 132 Å². The molecule has 1 fully saturated rings. The Hall–Kier alpha value is -1.81. The first-order chi connectivity index (χ1) is 10.6. The lowest BCUT2D eigenvalue weighted by Gasteiger charge is -2.19. The largest absolute Gasteiger partial charge is 0.491 e. The smallest absolute Gasteiger partial charge is 0.124 e. The van der Waals surface area contributed by atoms with Crippen molar-refractivity contribution in [2.24, 2.45) is 7.05 Å². The summed E-state index contributed by atoms with van der Waals surface area (Å²) in [6.45, 7) is 7.34. The third-order valence-corrected chi connectivity index (χ3v) is 4.20. The number of benzene rings is 1. The number of ether oxygens (including phenoxy) is 1. The molecular formula is C18H25N3O. The molecule has 0 aliphatic carbocycles. The maximum atomic E-state index is 5.93. The van der Waals surface area contributed by atoms with Gasteiger partial charge in [-0.25, -0.2) is 0 Å². The SMILES string of the molecule is CC(C)Oc1ccccc1CN1CCC(c2cnn(C)c2)C1. The quantitative estimate of drug-likeness (QED) is 0.849. The molecule has 0 spiro atoms. The second-order valence-corrected chi connectivity index (χ2v) is 6.44. The minimum absolute atomic E-state index is 0.211. The maximum Gasteiger partial charge on any atom is 0.124 e. The van der Waals surface area contributed by atoms with E-state index in [9.17, 15) is 0 Å². The lowest BCUT2D eigenvalue weighted by Crippen LogP contribution is -2.20. The van der Waals surface area contributed by atoms with Gasteiger partial charge >= 0.3 is 0 Å². The summed E-state index contributed by atoms with van der Waals surface area (Å²) in [6, 6.07) is 8.39. The molecule has 2 heterocycles. The Balaban J connectivity index is 1.65. The molecule has 3 rings (SSSR count). The molecule has 0 saturated carbocycles. The van der Waals surface area contributed by atoms with E-state index in [0.29, 0.717) is 5.92 Å². The molecular weight excluding hydrogens is 274 g/mol. The van der Waals surface area contributed by atoms with Crippen molar-refractivity contribution in [2.75, 3.05) is 13.1 Å². The zero-order chi connectivity index (χ0) is 15.5. The van der Waals surface area contributed by atoms with Gasteiger partial charge < -0.3 is 4.74 Å². The topological polar surface area (TPSA) is 30.3 Å². The van der Waals surface area contributed by atoms with E-state index in [1.54, 1.807) is 0 Å². The number of para-hydroxylation sites is 1. The van der Waals surface area contributed by atoms with Crippen LogP contribution in [0.4, 0.5) is 0 Å². The van der Waals surface area contributed by atoms with Crippen molar-refractivity contribution in [1.82, 2.24) is 14.7 Å². The molecule has 118 valence electrons. The summed E-state index contributed by atoms with van der Waals surface area (Å²) in [4.78, 5) is 2.51. The number of rotatable bonds is 5. The molecule has 0 radical (unpaired) electrons. The minimum Gasteiger partial charge on any atom is -0.491 e. The van der Waals surface area contributed by atoms with Gasteiger partial charge in [-0.15, -0.1) is 0 Å². The van der Waals surface area contributed by atoms with Crippen LogP contribution in [0.25, 0.3) is 0 Å². The minimum atomic E-state index is 0.211. The highest BCUT2D eigenvalue weighted by molar-refractivity contribution is 5.33. The molecule has 2 aromatic rings. The second kappa shape index (κ2) is 6.53.